The molecule has 1 N–H and O–H groups in total. The molecule has 4 nitrogen and oxygen atoms in total. The minimum atomic E-state index is -0.767. The summed E-state index contributed by atoms with van der Waals surface area (Å²) < 4.78 is 0. The second-order valence-corrected chi connectivity index (χ2v) is 5.27. The molecule has 4 heteroatoms. The zero-order chi connectivity index (χ0) is 15.3. The average Bonchev–Trinajstić information content (AvgIpc) is 2.40. The summed E-state index contributed by atoms with van der Waals surface area (Å²) in [5.74, 6) is -1.15. The Bertz CT molecular complexity index is 509. The average molecular weight is 274 g/mol. The maximum absolute atomic E-state index is 11.0. The van der Waals surface area contributed by atoms with E-state index in [9.17, 15) is 4.79 Å². The molecule has 1 atom stereocenters. The molecule has 0 spiro atoms. The van der Waals surface area contributed by atoms with Crippen LogP contribution in [0.25, 0.3) is 0 Å². The fourth-order valence-corrected chi connectivity index (χ4v) is 2.30. The van der Waals surface area contributed by atoms with Crippen molar-refractivity contribution in [3.8, 4) is 6.07 Å². The molecule has 0 aliphatic rings. The van der Waals surface area contributed by atoms with Gasteiger partial charge in [-0.1, -0.05) is 13.8 Å². The number of rotatable bonds is 6. The van der Waals surface area contributed by atoms with Crippen LogP contribution in [0.3, 0.4) is 0 Å². The molecule has 1 aromatic carbocycles. The minimum Gasteiger partial charge on any atom is -0.481 e. The normalized spacial score (nSPS) is 12.2. The van der Waals surface area contributed by atoms with E-state index in [-0.39, 0.29) is 5.92 Å². The molecule has 0 radical (unpaired) electrons. The summed E-state index contributed by atoms with van der Waals surface area (Å²) >= 11 is 0. The Morgan fingerprint density at radius 2 is 1.95 bits per heavy atom. The highest BCUT2D eigenvalue weighted by atomic mass is 16.4. The molecule has 108 valence electrons. The Kier molecular flexibility index (Phi) is 5.72. The first-order chi connectivity index (χ1) is 9.38. The number of hydrogen-bond donors (Lipinski definition) is 1. The maximum atomic E-state index is 11.0. The van der Waals surface area contributed by atoms with Crippen molar-refractivity contribution in [1.82, 2.24) is 4.90 Å². The molecule has 1 aromatic rings. The van der Waals surface area contributed by atoms with Gasteiger partial charge in [-0.3, -0.25) is 9.69 Å². The van der Waals surface area contributed by atoms with Gasteiger partial charge in [0, 0.05) is 13.1 Å². The van der Waals surface area contributed by atoms with Crippen LogP contribution in [0, 0.1) is 31.1 Å². The molecule has 20 heavy (non-hydrogen) atoms. The molecule has 1 rings (SSSR count). The lowest BCUT2D eigenvalue weighted by atomic mass is 9.99. The Labute approximate surface area is 120 Å². The van der Waals surface area contributed by atoms with E-state index < -0.39 is 5.97 Å². The summed E-state index contributed by atoms with van der Waals surface area (Å²) in [7, 11) is 0. The van der Waals surface area contributed by atoms with Gasteiger partial charge in [0.05, 0.1) is 17.6 Å². The SMILES string of the molecule is CCN(Cc1c(C)cc(C#N)cc1C)CC(C)C(=O)O. The van der Waals surface area contributed by atoms with E-state index in [0.717, 1.165) is 24.2 Å². The molecule has 0 bridgehead atoms. The second-order valence-electron chi connectivity index (χ2n) is 5.27. The Morgan fingerprint density at radius 3 is 2.35 bits per heavy atom. The van der Waals surface area contributed by atoms with Crippen LogP contribution in [0.1, 0.15) is 36.1 Å². The lowest BCUT2D eigenvalue weighted by molar-refractivity contribution is -0.141. The number of aryl methyl sites for hydroxylation is 2. The van der Waals surface area contributed by atoms with E-state index in [1.54, 1.807) is 6.92 Å². The van der Waals surface area contributed by atoms with Gasteiger partial charge >= 0.3 is 5.97 Å². The molecule has 0 heterocycles. The van der Waals surface area contributed by atoms with E-state index in [1.807, 2.05) is 32.9 Å². The van der Waals surface area contributed by atoms with Crippen molar-refractivity contribution in [2.45, 2.75) is 34.2 Å². The highest BCUT2D eigenvalue weighted by Crippen LogP contribution is 2.19. The minimum absolute atomic E-state index is 0.381. The van der Waals surface area contributed by atoms with E-state index >= 15 is 0 Å². The predicted molar refractivity (Wildman–Crippen MR) is 78.4 cm³/mol. The van der Waals surface area contributed by atoms with Crippen LogP contribution in [0.2, 0.25) is 0 Å². The van der Waals surface area contributed by atoms with E-state index in [0.29, 0.717) is 12.1 Å². The van der Waals surface area contributed by atoms with Crippen molar-refractivity contribution in [1.29, 1.82) is 5.26 Å². The molecule has 0 saturated heterocycles. The van der Waals surface area contributed by atoms with Crippen LogP contribution < -0.4 is 0 Å². The molecular formula is C16H22N2O2. The smallest absolute Gasteiger partial charge is 0.307 e. The summed E-state index contributed by atoms with van der Waals surface area (Å²) in [4.78, 5) is 13.1. The fraction of sp³-hybridized carbons (Fsp3) is 0.500. The van der Waals surface area contributed by atoms with Gasteiger partial charge in [0.1, 0.15) is 0 Å². The van der Waals surface area contributed by atoms with Gasteiger partial charge in [-0.05, 0) is 49.2 Å². The van der Waals surface area contributed by atoms with Crippen LogP contribution in [0.5, 0.6) is 0 Å². The Morgan fingerprint density at radius 1 is 1.40 bits per heavy atom. The van der Waals surface area contributed by atoms with Gasteiger partial charge in [0.2, 0.25) is 0 Å². The van der Waals surface area contributed by atoms with E-state index in [2.05, 4.69) is 11.0 Å². The zero-order valence-electron chi connectivity index (χ0n) is 12.6. The molecular weight excluding hydrogens is 252 g/mol. The lowest BCUT2D eigenvalue weighted by Gasteiger charge is -2.24. The maximum Gasteiger partial charge on any atom is 0.307 e. The third-order valence-corrected chi connectivity index (χ3v) is 3.61. The van der Waals surface area contributed by atoms with Gasteiger partial charge in [0.15, 0.2) is 0 Å². The summed E-state index contributed by atoms with van der Waals surface area (Å²) in [6.45, 7) is 9.81. The lowest BCUT2D eigenvalue weighted by Crippen LogP contribution is -2.31. The van der Waals surface area contributed by atoms with Gasteiger partial charge in [0.25, 0.3) is 0 Å². The molecule has 0 aliphatic heterocycles. The largest absolute Gasteiger partial charge is 0.481 e. The van der Waals surface area contributed by atoms with Gasteiger partial charge < -0.3 is 5.11 Å². The first-order valence-electron chi connectivity index (χ1n) is 6.84. The van der Waals surface area contributed by atoms with Crippen molar-refractivity contribution in [3.05, 3.63) is 34.4 Å². The highest BCUT2D eigenvalue weighted by Gasteiger charge is 2.16. The quantitative estimate of drug-likeness (QED) is 0.866. The summed E-state index contributed by atoms with van der Waals surface area (Å²) in [6.07, 6.45) is 0. The molecule has 0 amide bonds. The number of nitriles is 1. The van der Waals surface area contributed by atoms with Gasteiger partial charge in [-0.2, -0.15) is 5.26 Å². The third-order valence-electron chi connectivity index (χ3n) is 3.61. The van der Waals surface area contributed by atoms with E-state index in [4.69, 9.17) is 10.4 Å². The van der Waals surface area contributed by atoms with E-state index in [1.165, 1.54) is 5.56 Å². The molecule has 1 unspecified atom stereocenters. The standard InChI is InChI=1S/C16H22N2O2/c1-5-18(9-13(4)16(19)20)10-15-11(2)6-14(8-17)7-12(15)3/h6-7,13H,5,9-10H2,1-4H3,(H,19,20). The number of nitrogens with zero attached hydrogens (tertiary/aromatic N) is 2. The molecule has 0 aliphatic carbocycles. The van der Waals surface area contributed by atoms with Crippen molar-refractivity contribution >= 4 is 5.97 Å². The van der Waals surface area contributed by atoms with Crippen molar-refractivity contribution < 1.29 is 9.90 Å². The van der Waals surface area contributed by atoms with Crippen molar-refractivity contribution in [3.63, 3.8) is 0 Å². The Balaban J connectivity index is 2.91. The number of aliphatic carboxylic acids is 1. The van der Waals surface area contributed by atoms with Crippen molar-refractivity contribution in [2.24, 2.45) is 5.92 Å². The Hall–Kier alpha value is -1.86. The predicted octanol–water partition coefficient (Wildman–Crippen LogP) is 2.72. The number of benzene rings is 1. The van der Waals surface area contributed by atoms with Gasteiger partial charge in [-0.15, -0.1) is 0 Å². The number of carbonyl (C=O) groups is 1. The number of carboxylic acid groups (broad SMARTS) is 1. The van der Waals surface area contributed by atoms with Crippen LogP contribution in [0.15, 0.2) is 12.1 Å². The monoisotopic (exact) mass is 274 g/mol. The van der Waals surface area contributed by atoms with Crippen LogP contribution >= 0.6 is 0 Å². The van der Waals surface area contributed by atoms with Crippen LogP contribution in [-0.2, 0) is 11.3 Å². The summed E-state index contributed by atoms with van der Waals surface area (Å²) in [5, 5.41) is 18.0. The number of hydrogen-bond acceptors (Lipinski definition) is 3. The summed E-state index contributed by atoms with van der Waals surface area (Å²) in [5.41, 5.74) is 4.03. The van der Waals surface area contributed by atoms with Crippen molar-refractivity contribution in [2.75, 3.05) is 13.1 Å². The number of carboxylic acids is 1. The highest BCUT2D eigenvalue weighted by molar-refractivity contribution is 5.69. The molecule has 0 saturated carbocycles. The third kappa shape index (κ3) is 4.07. The van der Waals surface area contributed by atoms with Crippen LogP contribution in [-0.4, -0.2) is 29.1 Å². The van der Waals surface area contributed by atoms with Gasteiger partial charge in [-0.25, -0.2) is 0 Å². The first-order valence-corrected chi connectivity index (χ1v) is 6.84. The first kappa shape index (κ1) is 16.2. The second kappa shape index (κ2) is 7.06. The molecule has 0 fully saturated rings. The zero-order valence-corrected chi connectivity index (χ0v) is 12.6. The fourth-order valence-electron chi connectivity index (χ4n) is 2.30. The summed E-state index contributed by atoms with van der Waals surface area (Å²) in [6, 6.07) is 5.93. The molecule has 0 aromatic heterocycles. The topological polar surface area (TPSA) is 64.3 Å². The van der Waals surface area contributed by atoms with Crippen LogP contribution in [0.4, 0.5) is 0 Å².